The predicted molar refractivity (Wildman–Crippen MR) is 251 cm³/mol. The van der Waals surface area contributed by atoms with Gasteiger partial charge in [-0.05, 0) is 85.3 Å². The third-order valence-corrected chi connectivity index (χ3v) is 12.5. The van der Waals surface area contributed by atoms with Crippen LogP contribution in [0.25, 0.3) is 0 Å². The number of unbranched alkanes of at least 4 members (excludes halogenated alkanes) is 20. The molecule has 0 saturated heterocycles. The maximum Gasteiger partial charge on any atom is 2.00 e. The maximum atomic E-state index is 11.6. The van der Waals surface area contributed by atoms with E-state index in [1.165, 1.54) is 153 Å². The minimum atomic E-state index is -4.79. The zero-order chi connectivity index (χ0) is 45.1. The van der Waals surface area contributed by atoms with E-state index in [1.54, 1.807) is 12.1 Å². The summed E-state index contributed by atoms with van der Waals surface area (Å²) in [5.41, 5.74) is 2.22. The summed E-state index contributed by atoms with van der Waals surface area (Å²) < 4.78 is 78.0. The van der Waals surface area contributed by atoms with E-state index in [1.807, 2.05) is 36.4 Å². The van der Waals surface area contributed by atoms with Gasteiger partial charge in [-0.1, -0.05) is 173 Å². The van der Waals surface area contributed by atoms with Crippen LogP contribution in [0.15, 0.2) is 94.7 Å². The Balaban J connectivity index is 0.000000427. The van der Waals surface area contributed by atoms with E-state index in [0.29, 0.717) is 11.5 Å². The third kappa shape index (κ3) is 24.3. The molecule has 4 aromatic carbocycles. The largest absolute Gasteiger partial charge is 2.00 e. The number of phenols is 1. The number of aromatic hydroxyl groups is 1. The molecule has 0 radical (unpaired) electrons. The summed E-state index contributed by atoms with van der Waals surface area (Å²) in [4.78, 5) is -1.08. The van der Waals surface area contributed by atoms with Gasteiger partial charge in [-0.3, -0.25) is 4.55 Å². The number of aryl methyl sites for hydroxylation is 2. The molecule has 2 N–H and O–H groups in total. The van der Waals surface area contributed by atoms with Gasteiger partial charge in [0.1, 0.15) is 43.8 Å². The second-order valence-electron chi connectivity index (χ2n) is 16.2. The van der Waals surface area contributed by atoms with Gasteiger partial charge in [0.25, 0.3) is 10.1 Å². The quantitative estimate of drug-likeness (QED) is 0.0291. The molecule has 13 heteroatoms. The van der Waals surface area contributed by atoms with Crippen molar-refractivity contribution in [3.8, 4) is 34.5 Å². The van der Waals surface area contributed by atoms with Gasteiger partial charge in [-0.25, -0.2) is 8.42 Å². The Bertz CT molecular complexity index is 1940. The first-order chi connectivity index (χ1) is 29.8. The van der Waals surface area contributed by atoms with Crippen molar-refractivity contribution in [2.24, 2.45) is 0 Å². The van der Waals surface area contributed by atoms with E-state index < -0.39 is 35.8 Å². The molecule has 0 fully saturated rings. The molecular formula is C50H70CaO10S2. The molecule has 0 atom stereocenters. The van der Waals surface area contributed by atoms with Crippen molar-refractivity contribution in [1.29, 1.82) is 0 Å². The number of ether oxygens (including phenoxy) is 2. The smallest absolute Gasteiger partial charge is 0.872 e. The van der Waals surface area contributed by atoms with E-state index in [9.17, 15) is 36.2 Å². The van der Waals surface area contributed by atoms with Crippen molar-refractivity contribution in [2.75, 3.05) is 0 Å². The minimum absolute atomic E-state index is 0. The molecule has 0 aliphatic rings. The van der Waals surface area contributed by atoms with Crippen LogP contribution in [-0.4, -0.2) is 68.8 Å². The van der Waals surface area contributed by atoms with E-state index in [4.69, 9.17) is 9.47 Å². The predicted octanol–water partition coefficient (Wildman–Crippen LogP) is 13.2. The fraction of sp³-hybridized carbons (Fsp3) is 0.520. The first kappa shape index (κ1) is 56.3. The van der Waals surface area contributed by atoms with Crippen LogP contribution in [0.2, 0.25) is 0 Å². The second kappa shape index (κ2) is 31.9. The van der Waals surface area contributed by atoms with Crippen molar-refractivity contribution in [3.05, 3.63) is 96.1 Å². The number of benzene rings is 4. The molecular weight excluding hydrogens is 865 g/mol. The maximum absolute atomic E-state index is 11.6. The fourth-order valence-corrected chi connectivity index (χ4v) is 8.57. The Morgan fingerprint density at radius 1 is 0.492 bits per heavy atom. The van der Waals surface area contributed by atoms with Crippen LogP contribution >= 0.6 is 0 Å². The van der Waals surface area contributed by atoms with Crippen molar-refractivity contribution in [2.45, 2.75) is 178 Å². The molecule has 0 bridgehead atoms. The summed E-state index contributed by atoms with van der Waals surface area (Å²) in [5.74, 6) is -0.00823. The zero-order valence-electron chi connectivity index (χ0n) is 37.7. The molecule has 344 valence electrons. The molecule has 4 aromatic rings. The minimum Gasteiger partial charge on any atom is -0.872 e. The van der Waals surface area contributed by atoms with Crippen LogP contribution in [0.3, 0.4) is 0 Å². The molecule has 0 unspecified atom stereocenters. The molecule has 10 nitrogen and oxygen atoms in total. The van der Waals surface area contributed by atoms with E-state index in [2.05, 4.69) is 13.8 Å². The molecule has 0 spiro atoms. The average molecular weight is 935 g/mol. The topological polar surface area (TPSA) is 173 Å². The van der Waals surface area contributed by atoms with Crippen molar-refractivity contribution in [1.82, 2.24) is 0 Å². The van der Waals surface area contributed by atoms with E-state index in [0.717, 1.165) is 48.9 Å². The summed E-state index contributed by atoms with van der Waals surface area (Å²) in [6.45, 7) is 4.49. The average Bonchev–Trinajstić information content (AvgIpc) is 3.23. The Hall–Kier alpha value is -2.84. The molecule has 0 aliphatic carbocycles. The Labute approximate surface area is 408 Å². The Morgan fingerprint density at radius 3 is 1.27 bits per heavy atom. The number of hydrogen-bond acceptors (Lipinski definition) is 9. The summed E-state index contributed by atoms with van der Waals surface area (Å²) in [5, 5.41) is 20.9. The van der Waals surface area contributed by atoms with E-state index >= 15 is 0 Å². The molecule has 0 amide bonds. The monoisotopic (exact) mass is 934 g/mol. The summed E-state index contributed by atoms with van der Waals surface area (Å²) in [6, 6.07) is 21.8. The molecule has 0 heterocycles. The Morgan fingerprint density at radius 2 is 0.873 bits per heavy atom. The first-order valence-corrected chi connectivity index (χ1v) is 25.8. The van der Waals surface area contributed by atoms with Gasteiger partial charge in [-0.15, -0.1) is 5.75 Å². The van der Waals surface area contributed by atoms with Crippen molar-refractivity contribution in [3.63, 3.8) is 0 Å². The van der Waals surface area contributed by atoms with Gasteiger partial charge in [0.15, 0.2) is 0 Å². The molecule has 0 saturated carbocycles. The van der Waals surface area contributed by atoms with Gasteiger partial charge in [-0.2, -0.15) is 8.42 Å². The molecule has 63 heavy (non-hydrogen) atoms. The van der Waals surface area contributed by atoms with Crippen molar-refractivity contribution < 1.29 is 45.6 Å². The zero-order valence-corrected chi connectivity index (χ0v) is 41.6. The normalized spacial score (nSPS) is 11.4. The van der Waals surface area contributed by atoms with Crippen LogP contribution in [0, 0.1) is 0 Å². The van der Waals surface area contributed by atoms with Crippen LogP contribution in [0.1, 0.15) is 166 Å². The van der Waals surface area contributed by atoms with Crippen molar-refractivity contribution >= 4 is 58.0 Å². The summed E-state index contributed by atoms with van der Waals surface area (Å²) in [7, 11) is -9.30. The van der Waals surface area contributed by atoms with Crippen LogP contribution in [0.5, 0.6) is 34.5 Å². The number of hydrogen-bond donors (Lipinski definition) is 2. The fourth-order valence-electron chi connectivity index (χ4n) is 7.32. The summed E-state index contributed by atoms with van der Waals surface area (Å²) in [6.07, 6.45) is 30.4. The SMILES string of the molecule is CCCCCCCCCCCCCc1cccc(Oc2ccc(O)cc2S(=O)(=O)O)c1.CCCCCCCCCCCCCc1cccc(Oc2ccc([O-])cc2S(=O)(=O)[O-])c1.[Ca+2]. The van der Waals surface area contributed by atoms with Gasteiger partial charge in [0.2, 0.25) is 0 Å². The summed E-state index contributed by atoms with van der Waals surface area (Å²) >= 11 is 0. The number of phenolic OH excluding ortho intramolecular Hbond substituents is 1. The van der Waals surface area contributed by atoms with Gasteiger partial charge < -0.3 is 24.2 Å². The third-order valence-electron chi connectivity index (χ3n) is 10.8. The Kier molecular flexibility index (Phi) is 28.5. The first-order valence-electron chi connectivity index (χ1n) is 22.9. The molecule has 4 rings (SSSR count). The van der Waals surface area contributed by atoms with Gasteiger partial charge >= 0.3 is 37.7 Å². The van der Waals surface area contributed by atoms with Gasteiger partial charge in [0, 0.05) is 6.07 Å². The standard InChI is InChI=1S/2C25H36O5S.Ca/c2*1-2-3-4-5-6-7-8-9-10-11-12-14-21-15-13-16-23(19-21)30-24-18-17-22(26)20-25(24)31(27,28)29;/h2*13,15-20,26H,2-12,14H2,1H3,(H,27,28,29);/q;;+2/p-2. The molecule has 0 aromatic heterocycles. The molecule has 0 aliphatic heterocycles. The second-order valence-corrected chi connectivity index (χ2v) is 19.0. The van der Waals surface area contributed by atoms with Gasteiger partial charge in [0.05, 0.1) is 4.90 Å². The van der Waals surface area contributed by atoms with Crippen LogP contribution < -0.4 is 14.6 Å². The van der Waals surface area contributed by atoms with Crippen LogP contribution in [-0.2, 0) is 33.1 Å². The number of rotatable bonds is 30. The van der Waals surface area contributed by atoms with E-state index in [-0.39, 0.29) is 55.0 Å². The van der Waals surface area contributed by atoms with Crippen LogP contribution in [0.4, 0.5) is 0 Å².